The summed E-state index contributed by atoms with van der Waals surface area (Å²) < 4.78 is 27.0. The molecule has 1 fully saturated rings. The predicted octanol–water partition coefficient (Wildman–Crippen LogP) is 5.04. The lowest BCUT2D eigenvalue weighted by Crippen LogP contribution is -2.45. The molecule has 2 amide bonds. The number of benzene rings is 2. The van der Waals surface area contributed by atoms with E-state index in [2.05, 4.69) is 10.7 Å². The molecule has 7 nitrogen and oxygen atoms in total. The van der Waals surface area contributed by atoms with E-state index >= 15 is 0 Å². The standard InChI is InChI=1S/C24H17F2N3O4S3/c1-12-6-14(23(32)33)3-5-19(12)28-21(30)10-27-29-22(31)20(36-24(29)34)9-16-7-15(11-35-16)13-2-4-17(25)18(26)8-13/h2-9,11,27H,10H2,1H3,(H,28,30)(H,32,33). The second kappa shape index (κ2) is 10.7. The van der Waals surface area contributed by atoms with Gasteiger partial charge in [0.25, 0.3) is 5.91 Å². The molecule has 0 bridgehead atoms. The molecule has 1 saturated heterocycles. The number of anilines is 1. The first-order valence-electron chi connectivity index (χ1n) is 10.3. The Hall–Kier alpha value is -3.45. The van der Waals surface area contributed by atoms with Crippen molar-refractivity contribution in [2.24, 2.45) is 0 Å². The van der Waals surface area contributed by atoms with Gasteiger partial charge in [-0.25, -0.2) is 24.0 Å². The summed E-state index contributed by atoms with van der Waals surface area (Å²) in [7, 11) is 0. The summed E-state index contributed by atoms with van der Waals surface area (Å²) in [6.07, 6.45) is 1.64. The smallest absolute Gasteiger partial charge is 0.335 e. The Labute approximate surface area is 217 Å². The summed E-state index contributed by atoms with van der Waals surface area (Å²) in [6.45, 7) is 1.42. The molecule has 0 atom stereocenters. The minimum atomic E-state index is -1.07. The number of thiocarbonyl (C=S) groups is 1. The van der Waals surface area contributed by atoms with Gasteiger partial charge in [-0.2, -0.15) is 0 Å². The number of thiophene rings is 1. The predicted molar refractivity (Wildman–Crippen MR) is 139 cm³/mol. The molecule has 0 saturated carbocycles. The lowest BCUT2D eigenvalue weighted by molar-refractivity contribution is -0.124. The molecule has 0 unspecified atom stereocenters. The van der Waals surface area contributed by atoms with E-state index in [1.807, 2.05) is 0 Å². The first-order valence-corrected chi connectivity index (χ1v) is 12.4. The van der Waals surface area contributed by atoms with Crippen molar-refractivity contribution in [2.75, 3.05) is 11.9 Å². The van der Waals surface area contributed by atoms with Crippen molar-refractivity contribution in [3.05, 3.63) is 80.4 Å². The summed E-state index contributed by atoms with van der Waals surface area (Å²) in [5, 5.41) is 14.6. The van der Waals surface area contributed by atoms with Gasteiger partial charge in [-0.05, 0) is 71.5 Å². The van der Waals surface area contributed by atoms with Crippen LogP contribution in [0.1, 0.15) is 20.8 Å². The molecular weight excluding hydrogens is 528 g/mol. The highest BCUT2D eigenvalue weighted by Gasteiger charge is 2.32. The van der Waals surface area contributed by atoms with Crippen LogP contribution in [-0.4, -0.2) is 38.8 Å². The van der Waals surface area contributed by atoms with Crippen LogP contribution in [0.5, 0.6) is 0 Å². The number of hydrogen-bond donors (Lipinski definition) is 3. The van der Waals surface area contributed by atoms with Crippen LogP contribution in [0.2, 0.25) is 0 Å². The van der Waals surface area contributed by atoms with Crippen molar-refractivity contribution in [3.63, 3.8) is 0 Å². The number of carbonyl (C=O) groups excluding carboxylic acids is 2. The molecule has 2 aromatic carbocycles. The number of halogens is 2. The largest absolute Gasteiger partial charge is 0.478 e. The second-order valence-electron chi connectivity index (χ2n) is 7.60. The minimum Gasteiger partial charge on any atom is -0.478 e. The Bertz CT molecular complexity index is 1440. The summed E-state index contributed by atoms with van der Waals surface area (Å²) in [6, 6.07) is 9.71. The van der Waals surface area contributed by atoms with Crippen molar-refractivity contribution in [1.82, 2.24) is 10.4 Å². The van der Waals surface area contributed by atoms with E-state index in [9.17, 15) is 23.2 Å². The lowest BCUT2D eigenvalue weighted by Gasteiger charge is -2.16. The van der Waals surface area contributed by atoms with Crippen LogP contribution in [0.4, 0.5) is 14.5 Å². The molecule has 36 heavy (non-hydrogen) atoms. The van der Waals surface area contributed by atoms with Gasteiger partial charge in [0.15, 0.2) is 16.0 Å². The van der Waals surface area contributed by atoms with Gasteiger partial charge in [-0.1, -0.05) is 30.0 Å². The zero-order valence-electron chi connectivity index (χ0n) is 18.5. The number of carboxylic acids is 1. The van der Waals surface area contributed by atoms with Crippen LogP contribution in [-0.2, 0) is 9.59 Å². The van der Waals surface area contributed by atoms with E-state index < -0.39 is 29.4 Å². The van der Waals surface area contributed by atoms with Crippen LogP contribution in [0.15, 0.2) is 52.7 Å². The zero-order valence-corrected chi connectivity index (χ0v) is 21.0. The van der Waals surface area contributed by atoms with Gasteiger partial charge in [0, 0.05) is 10.6 Å². The molecule has 0 aliphatic carbocycles. The number of carbonyl (C=O) groups is 3. The number of hydrogen-bond acceptors (Lipinski definition) is 7. The van der Waals surface area contributed by atoms with Crippen molar-refractivity contribution in [3.8, 4) is 11.1 Å². The van der Waals surface area contributed by atoms with Gasteiger partial charge in [0.1, 0.15) is 0 Å². The Kier molecular flexibility index (Phi) is 7.59. The topological polar surface area (TPSA) is 98.7 Å². The normalized spacial score (nSPS) is 14.5. The Morgan fingerprint density at radius 3 is 2.58 bits per heavy atom. The third-order valence-corrected chi connectivity index (χ3v) is 7.27. The van der Waals surface area contributed by atoms with E-state index in [4.69, 9.17) is 17.3 Å². The number of rotatable bonds is 7. The van der Waals surface area contributed by atoms with E-state index in [0.717, 1.165) is 28.9 Å². The fourth-order valence-corrected chi connectivity index (χ4v) is 5.40. The number of amides is 2. The molecule has 1 aliphatic heterocycles. The maximum atomic E-state index is 13.5. The molecular formula is C24H17F2N3O4S3. The maximum Gasteiger partial charge on any atom is 0.335 e. The van der Waals surface area contributed by atoms with Crippen LogP contribution >= 0.6 is 35.3 Å². The molecule has 4 rings (SSSR count). The molecule has 0 spiro atoms. The number of aryl methyl sites for hydroxylation is 1. The highest BCUT2D eigenvalue weighted by molar-refractivity contribution is 8.26. The van der Waals surface area contributed by atoms with Gasteiger partial charge in [-0.15, -0.1) is 11.3 Å². The average molecular weight is 546 g/mol. The van der Waals surface area contributed by atoms with Crippen molar-refractivity contribution >= 4 is 69.2 Å². The van der Waals surface area contributed by atoms with Crippen molar-refractivity contribution < 1.29 is 28.3 Å². The molecule has 1 aliphatic rings. The summed E-state index contributed by atoms with van der Waals surface area (Å²) in [4.78, 5) is 37.3. The van der Waals surface area contributed by atoms with E-state index in [1.54, 1.807) is 24.4 Å². The van der Waals surface area contributed by atoms with Crippen LogP contribution in [0.25, 0.3) is 17.2 Å². The Balaban J connectivity index is 1.38. The average Bonchev–Trinajstić information content (AvgIpc) is 3.40. The number of aromatic carboxylic acids is 1. The SMILES string of the molecule is Cc1cc(C(=O)O)ccc1NC(=O)CNN1C(=O)C(=Cc2cc(-c3ccc(F)c(F)c3)cs2)SC1=S. The zero-order chi connectivity index (χ0) is 26.0. The van der Waals surface area contributed by atoms with Crippen LogP contribution in [0, 0.1) is 18.6 Å². The van der Waals surface area contributed by atoms with Crippen molar-refractivity contribution in [1.29, 1.82) is 0 Å². The van der Waals surface area contributed by atoms with Gasteiger partial charge in [-0.3, -0.25) is 9.59 Å². The highest BCUT2D eigenvalue weighted by Crippen LogP contribution is 2.34. The third-order valence-electron chi connectivity index (χ3n) is 5.08. The van der Waals surface area contributed by atoms with E-state index in [0.29, 0.717) is 32.2 Å². The molecule has 12 heteroatoms. The Morgan fingerprint density at radius 2 is 1.89 bits per heavy atom. The molecule has 1 aromatic heterocycles. The lowest BCUT2D eigenvalue weighted by atomic mass is 10.1. The number of nitrogens with zero attached hydrogens (tertiary/aromatic N) is 1. The van der Waals surface area contributed by atoms with Gasteiger partial charge < -0.3 is 10.4 Å². The van der Waals surface area contributed by atoms with E-state index in [1.165, 1.54) is 35.6 Å². The summed E-state index contributed by atoms with van der Waals surface area (Å²) >= 11 is 7.66. The highest BCUT2D eigenvalue weighted by atomic mass is 32.2. The number of nitrogens with one attached hydrogen (secondary N) is 2. The third kappa shape index (κ3) is 5.68. The minimum absolute atomic E-state index is 0.107. The quantitative estimate of drug-likeness (QED) is 0.283. The van der Waals surface area contributed by atoms with Crippen LogP contribution in [0.3, 0.4) is 0 Å². The fourth-order valence-electron chi connectivity index (χ4n) is 3.27. The molecule has 3 N–H and O–H groups in total. The number of hydrazine groups is 1. The number of carboxylic acid groups (broad SMARTS) is 1. The fraction of sp³-hybridized carbons (Fsp3) is 0.0833. The van der Waals surface area contributed by atoms with Gasteiger partial charge >= 0.3 is 5.97 Å². The van der Waals surface area contributed by atoms with E-state index in [-0.39, 0.29) is 16.4 Å². The first kappa shape index (κ1) is 25.6. The second-order valence-corrected chi connectivity index (χ2v) is 10.2. The Morgan fingerprint density at radius 1 is 1.11 bits per heavy atom. The van der Waals surface area contributed by atoms with Gasteiger partial charge in [0.05, 0.1) is 17.0 Å². The van der Waals surface area contributed by atoms with Crippen molar-refractivity contribution in [2.45, 2.75) is 6.92 Å². The maximum absolute atomic E-state index is 13.5. The first-order chi connectivity index (χ1) is 17.1. The monoisotopic (exact) mass is 545 g/mol. The molecule has 3 aromatic rings. The summed E-state index contributed by atoms with van der Waals surface area (Å²) in [5.41, 5.74) is 5.04. The molecule has 0 radical (unpaired) electrons. The van der Waals surface area contributed by atoms with Gasteiger partial charge in [0.2, 0.25) is 5.91 Å². The summed E-state index contributed by atoms with van der Waals surface area (Å²) in [5.74, 6) is -3.81. The number of thioether (sulfide) groups is 1. The molecule has 184 valence electrons. The molecule has 2 heterocycles. The van der Waals surface area contributed by atoms with Crippen LogP contribution < -0.4 is 10.7 Å².